The van der Waals surface area contributed by atoms with Gasteiger partial charge in [-0.05, 0) is 59.2 Å². The number of hydrogen-bond donors (Lipinski definition) is 1. The van der Waals surface area contributed by atoms with Crippen LogP contribution in [0, 0.1) is 11.6 Å². The normalized spacial score (nSPS) is 11.1. The second-order valence-corrected chi connectivity index (χ2v) is 8.02. The molecule has 0 aliphatic heterocycles. The molecule has 1 heterocycles. The highest BCUT2D eigenvalue weighted by Gasteiger charge is 2.14. The Labute approximate surface area is 169 Å². The maximum Gasteiger partial charge on any atom is 0.248 e. The molecule has 140 valence electrons. The van der Waals surface area contributed by atoms with Gasteiger partial charge in [-0.2, -0.15) is 0 Å². The fourth-order valence-electron chi connectivity index (χ4n) is 3.21. The van der Waals surface area contributed by atoms with Crippen molar-refractivity contribution in [3.63, 3.8) is 0 Å². The monoisotopic (exact) mass is 413 g/mol. The third kappa shape index (κ3) is 3.63. The number of halogens is 3. The smallest absolute Gasteiger partial charge is 0.248 e. The van der Waals surface area contributed by atoms with Crippen molar-refractivity contribution in [2.75, 3.05) is 0 Å². The van der Waals surface area contributed by atoms with Crippen LogP contribution < -0.4 is 5.73 Å². The standard InChI is InChI=1S/C22H14ClF2NOS/c23-15-6-12(7-16(24)10-15)8-17-11-19-20(25)5-4-18(21(19)28-17)13-2-1-3-14(9-13)22(26)27/h1-7,9-11H,8H2,(H2,26,27). The summed E-state index contributed by atoms with van der Waals surface area (Å²) in [6.45, 7) is 0. The van der Waals surface area contributed by atoms with Crippen molar-refractivity contribution in [1.82, 2.24) is 0 Å². The Bertz CT molecular complexity index is 1200. The summed E-state index contributed by atoms with van der Waals surface area (Å²) in [5.74, 6) is -1.25. The number of thiophene rings is 1. The molecule has 4 aromatic rings. The van der Waals surface area contributed by atoms with Crippen LogP contribution in [0.4, 0.5) is 8.78 Å². The molecular weight excluding hydrogens is 400 g/mol. The van der Waals surface area contributed by atoms with E-state index in [0.717, 1.165) is 20.7 Å². The number of carbonyl (C=O) groups is 1. The van der Waals surface area contributed by atoms with E-state index in [9.17, 15) is 13.6 Å². The molecule has 1 aromatic heterocycles. The first kappa shape index (κ1) is 18.6. The molecule has 0 unspecified atom stereocenters. The quantitative estimate of drug-likeness (QED) is 0.426. The summed E-state index contributed by atoms with van der Waals surface area (Å²) in [6, 6.07) is 16.2. The number of carbonyl (C=O) groups excluding carboxylic acids is 1. The number of nitrogens with two attached hydrogens (primary N) is 1. The Morgan fingerprint density at radius 1 is 1.04 bits per heavy atom. The number of rotatable bonds is 4. The number of amides is 1. The van der Waals surface area contributed by atoms with Crippen LogP contribution in [0.25, 0.3) is 21.2 Å². The van der Waals surface area contributed by atoms with Gasteiger partial charge in [-0.15, -0.1) is 11.3 Å². The molecule has 1 amide bonds. The molecule has 28 heavy (non-hydrogen) atoms. The Morgan fingerprint density at radius 2 is 1.86 bits per heavy atom. The van der Waals surface area contributed by atoms with E-state index in [4.69, 9.17) is 17.3 Å². The topological polar surface area (TPSA) is 43.1 Å². The molecule has 2 nitrogen and oxygen atoms in total. The lowest BCUT2D eigenvalue weighted by Crippen LogP contribution is -2.10. The average Bonchev–Trinajstić information content (AvgIpc) is 3.05. The summed E-state index contributed by atoms with van der Waals surface area (Å²) < 4.78 is 28.8. The number of primary amides is 1. The summed E-state index contributed by atoms with van der Waals surface area (Å²) in [5, 5.41) is 0.815. The van der Waals surface area contributed by atoms with E-state index in [1.54, 1.807) is 36.4 Å². The molecule has 0 bridgehead atoms. The Morgan fingerprint density at radius 3 is 2.61 bits per heavy atom. The SMILES string of the molecule is NC(=O)c1cccc(-c2ccc(F)c3cc(Cc4cc(F)cc(Cl)c4)sc23)c1. The van der Waals surface area contributed by atoms with Crippen LogP contribution in [0.15, 0.2) is 60.7 Å². The second-order valence-electron chi connectivity index (χ2n) is 6.45. The summed E-state index contributed by atoms with van der Waals surface area (Å²) >= 11 is 7.36. The van der Waals surface area contributed by atoms with Crippen molar-refractivity contribution >= 4 is 38.9 Å². The van der Waals surface area contributed by atoms with Gasteiger partial charge < -0.3 is 5.73 Å². The first-order chi connectivity index (χ1) is 13.4. The van der Waals surface area contributed by atoms with Crippen LogP contribution in [0.2, 0.25) is 5.02 Å². The molecule has 0 spiro atoms. The van der Waals surface area contributed by atoms with E-state index < -0.39 is 11.7 Å². The molecule has 2 N–H and O–H groups in total. The minimum Gasteiger partial charge on any atom is -0.366 e. The van der Waals surface area contributed by atoms with Crippen LogP contribution >= 0.6 is 22.9 Å². The Balaban J connectivity index is 1.81. The fraction of sp³-hybridized carbons (Fsp3) is 0.0455. The molecule has 0 fully saturated rings. The number of fused-ring (bicyclic) bond motifs is 1. The van der Waals surface area contributed by atoms with Gasteiger partial charge in [0.25, 0.3) is 0 Å². The minimum absolute atomic E-state index is 0.325. The van der Waals surface area contributed by atoms with E-state index >= 15 is 0 Å². The van der Waals surface area contributed by atoms with Crippen molar-refractivity contribution in [2.45, 2.75) is 6.42 Å². The first-order valence-electron chi connectivity index (χ1n) is 8.47. The van der Waals surface area contributed by atoms with Crippen LogP contribution in [0.1, 0.15) is 20.8 Å². The first-order valence-corrected chi connectivity index (χ1v) is 9.66. The highest BCUT2D eigenvalue weighted by atomic mass is 35.5. The van der Waals surface area contributed by atoms with Crippen LogP contribution in [-0.2, 0) is 6.42 Å². The van der Waals surface area contributed by atoms with Gasteiger partial charge in [0.1, 0.15) is 11.6 Å². The molecule has 0 aliphatic carbocycles. The highest BCUT2D eigenvalue weighted by Crippen LogP contribution is 2.37. The third-order valence-electron chi connectivity index (χ3n) is 4.44. The highest BCUT2D eigenvalue weighted by molar-refractivity contribution is 7.19. The number of hydrogen-bond acceptors (Lipinski definition) is 2. The second kappa shape index (κ2) is 7.34. The predicted molar refractivity (Wildman–Crippen MR) is 110 cm³/mol. The van der Waals surface area contributed by atoms with Crippen LogP contribution in [0.5, 0.6) is 0 Å². The maximum absolute atomic E-state index is 14.4. The summed E-state index contributed by atoms with van der Waals surface area (Å²) in [5.41, 5.74) is 8.08. The fourth-order valence-corrected chi connectivity index (χ4v) is 4.69. The van der Waals surface area contributed by atoms with Crippen molar-refractivity contribution in [3.05, 3.63) is 93.3 Å². The van der Waals surface area contributed by atoms with E-state index in [-0.39, 0.29) is 5.82 Å². The lowest BCUT2D eigenvalue weighted by Gasteiger charge is -2.06. The molecule has 4 rings (SSSR count). The van der Waals surface area contributed by atoms with Gasteiger partial charge in [0.15, 0.2) is 0 Å². The third-order valence-corrected chi connectivity index (χ3v) is 5.83. The van der Waals surface area contributed by atoms with Gasteiger partial charge in [0, 0.05) is 32.0 Å². The Hall–Kier alpha value is -2.76. The van der Waals surface area contributed by atoms with Crippen LogP contribution in [-0.4, -0.2) is 5.91 Å². The number of benzene rings is 3. The molecule has 0 saturated heterocycles. The van der Waals surface area contributed by atoms with Crippen molar-refractivity contribution in [3.8, 4) is 11.1 Å². The summed E-state index contributed by atoms with van der Waals surface area (Å²) in [4.78, 5) is 12.4. The predicted octanol–water partition coefficient (Wildman–Crippen LogP) is 6.19. The van der Waals surface area contributed by atoms with E-state index in [0.29, 0.717) is 28.0 Å². The summed E-state index contributed by atoms with van der Waals surface area (Å²) in [6.07, 6.45) is 0.442. The minimum atomic E-state index is -0.518. The molecule has 0 aliphatic rings. The van der Waals surface area contributed by atoms with Crippen molar-refractivity contribution in [1.29, 1.82) is 0 Å². The average molecular weight is 414 g/mol. The molecule has 0 atom stereocenters. The van der Waals surface area contributed by atoms with E-state index in [2.05, 4.69) is 0 Å². The summed E-state index contributed by atoms with van der Waals surface area (Å²) in [7, 11) is 0. The maximum atomic E-state index is 14.4. The van der Waals surface area contributed by atoms with Gasteiger partial charge in [0.2, 0.25) is 5.91 Å². The van der Waals surface area contributed by atoms with Gasteiger partial charge in [-0.25, -0.2) is 8.78 Å². The molecule has 6 heteroatoms. The van der Waals surface area contributed by atoms with Gasteiger partial charge in [-0.3, -0.25) is 4.79 Å². The molecule has 3 aromatic carbocycles. The molecule has 0 saturated carbocycles. The van der Waals surface area contributed by atoms with Crippen molar-refractivity contribution in [2.24, 2.45) is 5.73 Å². The van der Waals surface area contributed by atoms with Gasteiger partial charge >= 0.3 is 0 Å². The lowest BCUT2D eigenvalue weighted by atomic mass is 10.0. The zero-order valence-corrected chi connectivity index (χ0v) is 16.1. The van der Waals surface area contributed by atoms with Crippen LogP contribution in [0.3, 0.4) is 0 Å². The van der Waals surface area contributed by atoms with Gasteiger partial charge in [-0.1, -0.05) is 29.8 Å². The molecular formula is C22H14ClF2NOS. The zero-order chi connectivity index (χ0) is 19.8. The van der Waals surface area contributed by atoms with Gasteiger partial charge in [0.05, 0.1) is 0 Å². The largest absolute Gasteiger partial charge is 0.366 e. The van der Waals surface area contributed by atoms with E-state index in [1.165, 1.54) is 29.5 Å². The lowest BCUT2D eigenvalue weighted by molar-refractivity contribution is 0.100. The molecule has 0 radical (unpaired) electrons. The van der Waals surface area contributed by atoms with E-state index in [1.807, 2.05) is 6.07 Å². The zero-order valence-electron chi connectivity index (χ0n) is 14.5. The van der Waals surface area contributed by atoms with Crippen molar-refractivity contribution < 1.29 is 13.6 Å². The Kier molecular flexibility index (Phi) is 4.87.